The Kier molecular flexibility index (Phi) is 5.94. The summed E-state index contributed by atoms with van der Waals surface area (Å²) in [7, 11) is 0. The Hall–Kier alpha value is -2.68. The van der Waals surface area contributed by atoms with Crippen LogP contribution < -0.4 is 21.1 Å². The van der Waals surface area contributed by atoms with Gasteiger partial charge in [-0.1, -0.05) is 59.8 Å². The second kappa shape index (κ2) is 8.77. The lowest BCUT2D eigenvalue weighted by molar-refractivity contribution is -0.121. The van der Waals surface area contributed by atoms with E-state index in [-0.39, 0.29) is 29.7 Å². The highest BCUT2D eigenvalue weighted by Crippen LogP contribution is 2.29. The summed E-state index contributed by atoms with van der Waals surface area (Å²) in [4.78, 5) is 31.7. The highest BCUT2D eigenvalue weighted by atomic mass is 32.2. The first-order valence-corrected chi connectivity index (χ1v) is 10.5. The second-order valence-electron chi connectivity index (χ2n) is 7.05. The molecule has 0 saturated carbocycles. The molecule has 4 rings (SSSR count). The Morgan fingerprint density at radius 1 is 1.21 bits per heavy atom. The number of hydrazine groups is 1. The van der Waals surface area contributed by atoms with E-state index in [0.717, 1.165) is 11.3 Å². The summed E-state index contributed by atoms with van der Waals surface area (Å²) in [5, 5.41) is 3.46. The number of anilines is 1. The zero-order valence-corrected chi connectivity index (χ0v) is 16.9. The van der Waals surface area contributed by atoms with Gasteiger partial charge in [-0.05, 0) is 24.6 Å². The van der Waals surface area contributed by atoms with Crippen molar-refractivity contribution in [1.82, 2.24) is 16.2 Å². The van der Waals surface area contributed by atoms with Crippen LogP contribution in [0.1, 0.15) is 11.1 Å². The van der Waals surface area contributed by atoms with Crippen molar-refractivity contribution in [1.29, 1.82) is 0 Å². The van der Waals surface area contributed by atoms with Gasteiger partial charge < -0.3 is 5.32 Å². The van der Waals surface area contributed by atoms with E-state index in [2.05, 4.69) is 21.2 Å². The molecule has 2 heterocycles. The van der Waals surface area contributed by atoms with Crippen LogP contribution in [-0.2, 0) is 16.1 Å². The van der Waals surface area contributed by atoms with Crippen LogP contribution in [0, 0.1) is 12.8 Å². The minimum atomic E-state index is -0.305. The van der Waals surface area contributed by atoms with E-state index >= 15 is 0 Å². The highest BCUT2D eigenvalue weighted by Gasteiger charge is 2.42. The highest BCUT2D eigenvalue weighted by molar-refractivity contribution is 8.14. The lowest BCUT2D eigenvalue weighted by atomic mass is 10.1. The molecule has 2 amide bonds. The van der Waals surface area contributed by atoms with E-state index in [9.17, 15) is 9.59 Å². The summed E-state index contributed by atoms with van der Waals surface area (Å²) in [6, 6.07) is 17.5. The van der Waals surface area contributed by atoms with E-state index in [1.165, 1.54) is 17.3 Å². The van der Waals surface area contributed by atoms with Crippen LogP contribution in [0.3, 0.4) is 0 Å². The van der Waals surface area contributed by atoms with Gasteiger partial charge in [0.25, 0.3) is 0 Å². The van der Waals surface area contributed by atoms with Crippen molar-refractivity contribution in [3.8, 4) is 0 Å². The Labute approximate surface area is 173 Å². The first kappa shape index (κ1) is 19.6. The number of aliphatic imine (C=N–C) groups is 1. The third-order valence-electron chi connectivity index (χ3n) is 4.89. The Balaban J connectivity index is 1.43. The van der Waals surface area contributed by atoms with Crippen LogP contribution in [0.25, 0.3) is 0 Å². The fraction of sp³-hybridized carbons (Fsp3) is 0.286. The molecule has 3 N–H and O–H groups in total. The molecule has 2 aliphatic heterocycles. The number of rotatable bonds is 5. The van der Waals surface area contributed by atoms with E-state index in [4.69, 9.17) is 0 Å². The van der Waals surface area contributed by atoms with Crippen molar-refractivity contribution in [2.45, 2.75) is 19.6 Å². The van der Waals surface area contributed by atoms with Crippen LogP contribution >= 0.6 is 11.8 Å². The number of fused-ring (bicyclic) bond motifs is 1. The van der Waals surface area contributed by atoms with Crippen molar-refractivity contribution in [3.05, 3.63) is 65.7 Å². The second-order valence-corrected chi connectivity index (χ2v) is 7.99. The molecule has 0 aliphatic carbocycles. The monoisotopic (exact) mass is 409 g/mol. The molecule has 150 valence electrons. The molecular formula is C21H23N5O2S. The third-order valence-corrected chi connectivity index (χ3v) is 5.84. The largest absolute Gasteiger partial charge is 0.351 e. The summed E-state index contributed by atoms with van der Waals surface area (Å²) in [6.45, 7) is 3.04. The quantitative estimate of drug-likeness (QED) is 0.701. The van der Waals surface area contributed by atoms with Crippen LogP contribution in [0.5, 0.6) is 0 Å². The zero-order chi connectivity index (χ0) is 20.2. The van der Waals surface area contributed by atoms with Crippen molar-refractivity contribution in [2.24, 2.45) is 10.9 Å². The van der Waals surface area contributed by atoms with E-state index in [0.29, 0.717) is 18.3 Å². The smallest absolute Gasteiger partial charge is 0.241 e. The molecule has 2 aromatic rings. The minimum absolute atomic E-state index is 0.0173. The van der Waals surface area contributed by atoms with E-state index in [1.54, 1.807) is 4.90 Å². The number of aryl methyl sites for hydroxylation is 1. The molecular weight excluding hydrogens is 386 g/mol. The number of amidine groups is 1. The van der Waals surface area contributed by atoms with Crippen LogP contribution in [0.4, 0.5) is 5.69 Å². The van der Waals surface area contributed by atoms with Crippen molar-refractivity contribution in [3.63, 3.8) is 0 Å². The topological polar surface area (TPSA) is 85.8 Å². The first-order valence-electron chi connectivity index (χ1n) is 9.52. The molecule has 2 atom stereocenters. The summed E-state index contributed by atoms with van der Waals surface area (Å²) in [5.41, 5.74) is 9.03. The molecule has 2 unspecified atom stereocenters. The standard InChI is InChI=1S/C21H23N5O2S/c1-14-7-9-15(10-8-14)11-22-18(27)13-29-21-24-19-17(12-23-25-19)20(28)26(21)16-5-3-2-4-6-16/h2-10,17,19,23,25H,11-13H2,1H3,(H,22,27). The van der Waals surface area contributed by atoms with Gasteiger partial charge in [-0.2, -0.15) is 0 Å². The van der Waals surface area contributed by atoms with Crippen molar-refractivity contribution in [2.75, 3.05) is 17.2 Å². The third kappa shape index (κ3) is 4.50. The number of carbonyl (C=O) groups is 2. The van der Waals surface area contributed by atoms with Gasteiger partial charge in [0.1, 0.15) is 6.17 Å². The molecule has 8 heteroatoms. The summed E-state index contributed by atoms with van der Waals surface area (Å²) in [6.07, 6.45) is -0.305. The molecule has 1 saturated heterocycles. The molecule has 2 aliphatic rings. The van der Waals surface area contributed by atoms with Gasteiger partial charge in [-0.25, -0.2) is 10.4 Å². The summed E-state index contributed by atoms with van der Waals surface area (Å²) in [5.74, 6) is -0.184. The lowest BCUT2D eigenvalue weighted by Gasteiger charge is -2.32. The molecule has 0 spiro atoms. The molecule has 0 bridgehead atoms. The van der Waals surface area contributed by atoms with E-state index in [1.807, 2.05) is 61.5 Å². The summed E-state index contributed by atoms with van der Waals surface area (Å²) >= 11 is 1.27. The number of hydrogen-bond acceptors (Lipinski definition) is 6. The predicted molar refractivity (Wildman–Crippen MR) is 115 cm³/mol. The molecule has 1 fully saturated rings. The molecule has 2 aromatic carbocycles. The van der Waals surface area contributed by atoms with Crippen LogP contribution in [0.2, 0.25) is 0 Å². The van der Waals surface area contributed by atoms with Gasteiger partial charge in [-0.3, -0.25) is 19.9 Å². The Bertz CT molecular complexity index is 916. The van der Waals surface area contributed by atoms with Gasteiger partial charge >= 0.3 is 0 Å². The number of amides is 2. The maximum atomic E-state index is 13.1. The van der Waals surface area contributed by atoms with Crippen molar-refractivity contribution >= 4 is 34.4 Å². The fourth-order valence-electron chi connectivity index (χ4n) is 3.27. The van der Waals surface area contributed by atoms with Crippen LogP contribution in [-0.4, -0.2) is 35.4 Å². The van der Waals surface area contributed by atoms with Gasteiger partial charge in [0, 0.05) is 13.1 Å². The van der Waals surface area contributed by atoms with Gasteiger partial charge in [-0.15, -0.1) is 0 Å². The Morgan fingerprint density at radius 3 is 2.72 bits per heavy atom. The number of para-hydroxylation sites is 1. The number of carbonyl (C=O) groups excluding carboxylic acids is 2. The minimum Gasteiger partial charge on any atom is -0.351 e. The average Bonchev–Trinajstić information content (AvgIpc) is 3.21. The number of nitrogens with zero attached hydrogens (tertiary/aromatic N) is 2. The average molecular weight is 410 g/mol. The fourth-order valence-corrected chi connectivity index (χ4v) is 4.15. The van der Waals surface area contributed by atoms with E-state index < -0.39 is 0 Å². The first-order chi connectivity index (χ1) is 14.1. The van der Waals surface area contributed by atoms with Gasteiger partial charge in [0.05, 0.1) is 17.4 Å². The molecule has 7 nitrogen and oxygen atoms in total. The van der Waals surface area contributed by atoms with Gasteiger partial charge in [0.15, 0.2) is 5.17 Å². The number of thioether (sulfide) groups is 1. The van der Waals surface area contributed by atoms with Crippen molar-refractivity contribution < 1.29 is 9.59 Å². The zero-order valence-electron chi connectivity index (χ0n) is 16.1. The van der Waals surface area contributed by atoms with Crippen LogP contribution in [0.15, 0.2) is 59.6 Å². The molecule has 0 aromatic heterocycles. The number of hydrogen-bond donors (Lipinski definition) is 3. The lowest BCUT2D eigenvalue weighted by Crippen LogP contribution is -2.49. The molecule has 29 heavy (non-hydrogen) atoms. The number of nitrogens with one attached hydrogen (secondary N) is 3. The predicted octanol–water partition coefficient (Wildman–Crippen LogP) is 1.80. The normalized spacial score (nSPS) is 20.9. The SMILES string of the molecule is Cc1ccc(CNC(=O)CSC2=NC3NNCC3C(=O)N2c2ccccc2)cc1. The maximum Gasteiger partial charge on any atom is 0.241 e. The Morgan fingerprint density at radius 2 is 1.97 bits per heavy atom. The number of benzene rings is 2. The summed E-state index contributed by atoms with van der Waals surface area (Å²) < 4.78 is 0. The van der Waals surface area contributed by atoms with Gasteiger partial charge in [0.2, 0.25) is 11.8 Å². The maximum absolute atomic E-state index is 13.1. The molecule has 0 radical (unpaired) electrons.